The number of rotatable bonds is 2. The molecule has 0 unspecified atom stereocenters. The fraction of sp³-hybridized carbons (Fsp3) is 0.667. The average Bonchev–Trinajstić information content (AvgIpc) is 2.83. The molecule has 1 aromatic rings. The topological polar surface area (TPSA) is 58.4 Å². The van der Waals surface area contributed by atoms with Crippen molar-refractivity contribution < 1.29 is 9.32 Å². The van der Waals surface area contributed by atoms with E-state index in [1.807, 2.05) is 31.7 Å². The van der Waals surface area contributed by atoms with Crippen molar-refractivity contribution in [1.29, 1.82) is 0 Å². The number of nitrogens with zero attached hydrogens (tertiary/aromatic N) is 2. The maximum Gasteiger partial charge on any atom is 0.318 e. The van der Waals surface area contributed by atoms with Gasteiger partial charge >= 0.3 is 6.03 Å². The number of carbonyl (C=O) groups excluding carboxylic acids is 1. The van der Waals surface area contributed by atoms with Gasteiger partial charge in [-0.1, -0.05) is 5.16 Å². The highest BCUT2D eigenvalue weighted by molar-refractivity contribution is 5.75. The molecule has 5 heteroatoms. The van der Waals surface area contributed by atoms with Crippen LogP contribution in [0.4, 0.5) is 4.79 Å². The minimum absolute atomic E-state index is 0.0110. The van der Waals surface area contributed by atoms with Crippen LogP contribution in [0.1, 0.15) is 44.2 Å². The highest BCUT2D eigenvalue weighted by Crippen LogP contribution is 2.31. The molecule has 1 saturated heterocycles. The van der Waals surface area contributed by atoms with Crippen LogP contribution in [0.15, 0.2) is 10.6 Å². The first-order valence-corrected chi connectivity index (χ1v) is 6.08. The van der Waals surface area contributed by atoms with Gasteiger partial charge in [-0.25, -0.2) is 4.79 Å². The van der Waals surface area contributed by atoms with Crippen LogP contribution in [-0.4, -0.2) is 28.7 Å². The summed E-state index contributed by atoms with van der Waals surface area (Å²) in [4.78, 5) is 13.8. The van der Waals surface area contributed by atoms with Crippen LogP contribution in [0.3, 0.4) is 0 Å². The summed E-state index contributed by atoms with van der Waals surface area (Å²) in [7, 11) is 0. The number of amides is 2. The second-order valence-electron chi connectivity index (χ2n) is 4.82. The number of nitrogens with one attached hydrogen (secondary N) is 1. The molecule has 0 aromatic carbocycles. The largest absolute Gasteiger partial charge is 0.361 e. The highest BCUT2D eigenvalue weighted by atomic mass is 16.5. The lowest BCUT2D eigenvalue weighted by atomic mass is 10.1. The van der Waals surface area contributed by atoms with E-state index in [1.54, 1.807) is 0 Å². The number of likely N-dealkylation sites (tertiary alicyclic amines) is 1. The first kappa shape index (κ1) is 12.0. The van der Waals surface area contributed by atoms with Crippen molar-refractivity contribution in [3.8, 4) is 0 Å². The van der Waals surface area contributed by atoms with Crippen molar-refractivity contribution >= 4 is 6.03 Å². The standard InChI is InChI=1S/C12H19N3O2/c1-8(2)13-12(16)15-6-4-5-11(15)10-7-9(3)17-14-10/h7-8,11H,4-6H2,1-3H3,(H,13,16)/t11-/m0/s1. The van der Waals surface area contributed by atoms with Crippen molar-refractivity contribution in [1.82, 2.24) is 15.4 Å². The molecule has 2 amide bonds. The summed E-state index contributed by atoms with van der Waals surface area (Å²) in [6.07, 6.45) is 1.97. The van der Waals surface area contributed by atoms with E-state index in [4.69, 9.17) is 4.52 Å². The predicted molar refractivity (Wildman–Crippen MR) is 63.6 cm³/mol. The van der Waals surface area contributed by atoms with Crippen molar-refractivity contribution in [2.45, 2.75) is 45.7 Å². The van der Waals surface area contributed by atoms with Gasteiger partial charge in [0.05, 0.1) is 6.04 Å². The monoisotopic (exact) mass is 237 g/mol. The zero-order valence-corrected chi connectivity index (χ0v) is 10.6. The quantitative estimate of drug-likeness (QED) is 0.858. The first-order valence-electron chi connectivity index (χ1n) is 6.08. The summed E-state index contributed by atoms with van der Waals surface area (Å²) < 4.78 is 5.08. The Morgan fingerprint density at radius 2 is 2.41 bits per heavy atom. The minimum Gasteiger partial charge on any atom is -0.361 e. The fourth-order valence-electron chi connectivity index (χ4n) is 2.19. The molecule has 17 heavy (non-hydrogen) atoms. The van der Waals surface area contributed by atoms with Gasteiger partial charge in [0.25, 0.3) is 0 Å². The van der Waals surface area contributed by atoms with Crippen molar-refractivity contribution in [2.75, 3.05) is 6.54 Å². The molecule has 1 aliphatic heterocycles. The Hall–Kier alpha value is -1.52. The molecule has 0 radical (unpaired) electrons. The van der Waals surface area contributed by atoms with Gasteiger partial charge < -0.3 is 14.7 Å². The van der Waals surface area contributed by atoms with Crippen LogP contribution in [-0.2, 0) is 0 Å². The third-order valence-corrected chi connectivity index (χ3v) is 2.91. The maximum absolute atomic E-state index is 12.0. The Bertz CT molecular complexity index is 400. The number of aromatic nitrogens is 1. The van der Waals surface area contributed by atoms with Crippen LogP contribution in [0.2, 0.25) is 0 Å². The number of carbonyl (C=O) groups is 1. The summed E-state index contributed by atoms with van der Waals surface area (Å²) in [5.41, 5.74) is 0.860. The van der Waals surface area contributed by atoms with E-state index in [1.165, 1.54) is 0 Å². The molecule has 0 spiro atoms. The second-order valence-corrected chi connectivity index (χ2v) is 4.82. The molecular weight excluding hydrogens is 218 g/mol. The molecule has 1 aromatic heterocycles. The van der Waals surface area contributed by atoms with E-state index < -0.39 is 0 Å². The van der Waals surface area contributed by atoms with E-state index >= 15 is 0 Å². The fourth-order valence-corrected chi connectivity index (χ4v) is 2.19. The Balaban J connectivity index is 2.09. The van der Waals surface area contributed by atoms with Gasteiger partial charge in [-0.2, -0.15) is 0 Å². The minimum atomic E-state index is -0.0110. The second kappa shape index (κ2) is 4.77. The third kappa shape index (κ3) is 2.60. The zero-order chi connectivity index (χ0) is 12.4. The van der Waals surface area contributed by atoms with Gasteiger partial charge in [0.1, 0.15) is 11.5 Å². The smallest absolute Gasteiger partial charge is 0.318 e. The molecule has 1 N–H and O–H groups in total. The average molecular weight is 237 g/mol. The maximum atomic E-state index is 12.0. The number of hydrogen-bond acceptors (Lipinski definition) is 3. The summed E-state index contributed by atoms with van der Waals surface area (Å²) in [6, 6.07) is 2.11. The van der Waals surface area contributed by atoms with Gasteiger partial charge in [0.2, 0.25) is 0 Å². The lowest BCUT2D eigenvalue weighted by molar-refractivity contribution is 0.188. The van der Waals surface area contributed by atoms with E-state index in [0.717, 1.165) is 30.8 Å². The SMILES string of the molecule is Cc1cc([C@@H]2CCCN2C(=O)NC(C)C)no1. The lowest BCUT2D eigenvalue weighted by Crippen LogP contribution is -2.42. The number of hydrogen-bond donors (Lipinski definition) is 1. The summed E-state index contributed by atoms with van der Waals surface area (Å²) in [6.45, 7) is 6.57. The van der Waals surface area contributed by atoms with E-state index in [2.05, 4.69) is 10.5 Å². The van der Waals surface area contributed by atoms with Crippen LogP contribution >= 0.6 is 0 Å². The molecule has 5 nitrogen and oxygen atoms in total. The highest BCUT2D eigenvalue weighted by Gasteiger charge is 2.32. The molecular formula is C12H19N3O2. The van der Waals surface area contributed by atoms with E-state index in [9.17, 15) is 4.79 Å². The van der Waals surface area contributed by atoms with E-state index in [0.29, 0.717) is 0 Å². The Morgan fingerprint density at radius 1 is 1.65 bits per heavy atom. The molecule has 1 aliphatic rings. The van der Waals surface area contributed by atoms with Gasteiger partial charge in [-0.05, 0) is 33.6 Å². The van der Waals surface area contributed by atoms with Crippen molar-refractivity contribution in [3.63, 3.8) is 0 Å². The van der Waals surface area contributed by atoms with Gasteiger partial charge in [-0.3, -0.25) is 0 Å². The molecule has 0 saturated carbocycles. The summed E-state index contributed by atoms with van der Waals surface area (Å²) >= 11 is 0. The van der Waals surface area contributed by atoms with Crippen LogP contribution in [0.5, 0.6) is 0 Å². The van der Waals surface area contributed by atoms with Crippen molar-refractivity contribution in [3.05, 3.63) is 17.5 Å². The zero-order valence-electron chi connectivity index (χ0n) is 10.6. The van der Waals surface area contributed by atoms with Crippen LogP contribution < -0.4 is 5.32 Å². The van der Waals surface area contributed by atoms with Gasteiger partial charge in [0.15, 0.2) is 0 Å². The Labute approximate surface area is 101 Å². The van der Waals surface area contributed by atoms with Crippen molar-refractivity contribution in [2.24, 2.45) is 0 Å². The van der Waals surface area contributed by atoms with Crippen LogP contribution in [0, 0.1) is 6.92 Å². The van der Waals surface area contributed by atoms with Gasteiger partial charge in [0, 0.05) is 18.7 Å². The number of aryl methyl sites for hydroxylation is 1. The lowest BCUT2D eigenvalue weighted by Gasteiger charge is -2.24. The molecule has 0 bridgehead atoms. The molecule has 0 aliphatic carbocycles. The summed E-state index contributed by atoms with van der Waals surface area (Å²) in [5.74, 6) is 0.788. The third-order valence-electron chi connectivity index (χ3n) is 2.91. The van der Waals surface area contributed by atoms with Gasteiger partial charge in [-0.15, -0.1) is 0 Å². The predicted octanol–water partition coefficient (Wildman–Crippen LogP) is 2.24. The van der Waals surface area contributed by atoms with Crippen LogP contribution in [0.25, 0.3) is 0 Å². The first-order chi connectivity index (χ1) is 8.08. The van der Waals surface area contributed by atoms with E-state index in [-0.39, 0.29) is 18.1 Å². The Kier molecular flexibility index (Phi) is 3.36. The molecule has 1 fully saturated rings. The molecule has 1 atom stereocenters. The number of urea groups is 1. The Morgan fingerprint density at radius 3 is 3.00 bits per heavy atom. The normalized spacial score (nSPS) is 20.0. The molecule has 2 rings (SSSR count). The molecule has 2 heterocycles. The molecule has 94 valence electrons. The summed E-state index contributed by atoms with van der Waals surface area (Å²) in [5, 5.41) is 6.93.